The number of carbonyl (C=O) groups excluding carboxylic acids is 1. The lowest BCUT2D eigenvalue weighted by Gasteiger charge is -2.28. The van der Waals surface area contributed by atoms with Crippen LogP contribution in [0.3, 0.4) is 0 Å². The summed E-state index contributed by atoms with van der Waals surface area (Å²) >= 11 is 1.44. The molecule has 0 spiro atoms. The molecule has 2 aromatic rings. The molecule has 8 nitrogen and oxygen atoms in total. The first kappa shape index (κ1) is 22.0. The first-order chi connectivity index (χ1) is 15.1. The molecular weight excluding hydrogens is 414 g/mol. The Hall–Kier alpha value is -2.26. The van der Waals surface area contributed by atoms with Crippen molar-refractivity contribution < 1.29 is 14.3 Å². The number of hydrogen-bond acceptors (Lipinski definition) is 7. The number of rotatable bonds is 8. The Balaban J connectivity index is 1.46. The fourth-order valence-corrected chi connectivity index (χ4v) is 4.83. The van der Waals surface area contributed by atoms with Crippen LogP contribution in [-0.4, -0.2) is 58.8 Å². The van der Waals surface area contributed by atoms with Crippen LogP contribution in [0.15, 0.2) is 29.4 Å². The smallest absolute Gasteiger partial charge is 0.237 e. The van der Waals surface area contributed by atoms with E-state index in [0.717, 1.165) is 61.6 Å². The molecule has 0 radical (unpaired) electrons. The van der Waals surface area contributed by atoms with E-state index in [9.17, 15) is 4.79 Å². The molecule has 2 unspecified atom stereocenters. The molecule has 2 fully saturated rings. The third kappa shape index (κ3) is 5.51. The molecule has 2 aliphatic heterocycles. The third-order valence-electron chi connectivity index (χ3n) is 5.76. The molecule has 0 bridgehead atoms. The van der Waals surface area contributed by atoms with Crippen molar-refractivity contribution in [1.29, 1.82) is 0 Å². The second-order valence-corrected chi connectivity index (χ2v) is 9.36. The van der Waals surface area contributed by atoms with Crippen LogP contribution in [0, 0.1) is 0 Å². The molecule has 9 heteroatoms. The number of ether oxygens (including phenoxy) is 2. The minimum absolute atomic E-state index is 0.0682. The van der Waals surface area contributed by atoms with Gasteiger partial charge in [0.25, 0.3) is 0 Å². The number of carbonyl (C=O) groups is 1. The lowest BCUT2D eigenvalue weighted by Crippen LogP contribution is -2.33. The van der Waals surface area contributed by atoms with Crippen LogP contribution < -0.4 is 15.0 Å². The van der Waals surface area contributed by atoms with Gasteiger partial charge in [-0.2, -0.15) is 0 Å². The normalized spacial score (nSPS) is 19.9. The maximum absolute atomic E-state index is 12.8. The molecule has 1 amide bonds. The van der Waals surface area contributed by atoms with Crippen molar-refractivity contribution in [3.05, 3.63) is 24.3 Å². The summed E-state index contributed by atoms with van der Waals surface area (Å²) in [6.07, 6.45) is 5.94. The molecule has 168 valence electrons. The van der Waals surface area contributed by atoms with Gasteiger partial charge in [-0.3, -0.25) is 9.36 Å². The Morgan fingerprint density at radius 3 is 2.68 bits per heavy atom. The number of anilines is 2. The Labute approximate surface area is 187 Å². The molecule has 1 aromatic carbocycles. The van der Waals surface area contributed by atoms with Crippen molar-refractivity contribution in [3.8, 4) is 5.75 Å². The van der Waals surface area contributed by atoms with E-state index in [2.05, 4.69) is 25.0 Å². The fourth-order valence-electron chi connectivity index (χ4n) is 3.98. The molecule has 1 aromatic heterocycles. The van der Waals surface area contributed by atoms with Gasteiger partial charge in [0.2, 0.25) is 11.9 Å². The Bertz CT molecular complexity index is 861. The first-order valence-corrected chi connectivity index (χ1v) is 11.9. The van der Waals surface area contributed by atoms with Crippen LogP contribution in [0.5, 0.6) is 5.75 Å². The van der Waals surface area contributed by atoms with Gasteiger partial charge in [-0.15, -0.1) is 10.2 Å². The number of piperidine rings is 1. The Kier molecular flexibility index (Phi) is 7.34. The van der Waals surface area contributed by atoms with Crippen molar-refractivity contribution in [2.24, 2.45) is 0 Å². The number of benzene rings is 1. The molecule has 4 rings (SSSR count). The van der Waals surface area contributed by atoms with Gasteiger partial charge >= 0.3 is 0 Å². The molecule has 2 atom stereocenters. The van der Waals surface area contributed by atoms with Crippen molar-refractivity contribution in [1.82, 2.24) is 14.8 Å². The standard InChI is InChI=1S/C22H31N5O3S/c1-16(20(28)23-17-8-10-18(29-2)11-9-17)31-22-25-24-21(26-12-4-3-5-13-26)27(22)15-19-7-6-14-30-19/h8-11,16,19H,3-7,12-15H2,1-2H3,(H,23,28). The maximum Gasteiger partial charge on any atom is 0.237 e. The monoisotopic (exact) mass is 445 g/mol. The van der Waals surface area contributed by atoms with E-state index >= 15 is 0 Å². The molecule has 1 N–H and O–H groups in total. The minimum Gasteiger partial charge on any atom is -0.497 e. The second-order valence-electron chi connectivity index (χ2n) is 8.05. The average Bonchev–Trinajstić information content (AvgIpc) is 3.45. The van der Waals surface area contributed by atoms with Gasteiger partial charge < -0.3 is 19.7 Å². The Morgan fingerprint density at radius 1 is 1.23 bits per heavy atom. The second kappa shape index (κ2) is 10.4. The third-order valence-corrected chi connectivity index (χ3v) is 6.84. The van der Waals surface area contributed by atoms with Crippen molar-refractivity contribution in [2.75, 3.05) is 37.0 Å². The first-order valence-electron chi connectivity index (χ1n) is 11.1. The lowest BCUT2D eigenvalue weighted by atomic mass is 10.1. The quantitative estimate of drug-likeness (QED) is 0.622. The molecule has 2 aliphatic rings. The van der Waals surface area contributed by atoms with Gasteiger partial charge in [0.15, 0.2) is 5.16 Å². The molecule has 0 aliphatic carbocycles. The van der Waals surface area contributed by atoms with Gasteiger partial charge in [-0.05, 0) is 63.3 Å². The van der Waals surface area contributed by atoms with E-state index in [0.29, 0.717) is 0 Å². The summed E-state index contributed by atoms with van der Waals surface area (Å²) < 4.78 is 13.2. The summed E-state index contributed by atoms with van der Waals surface area (Å²) in [5.41, 5.74) is 0.744. The van der Waals surface area contributed by atoms with Gasteiger partial charge in [-0.25, -0.2) is 0 Å². The van der Waals surface area contributed by atoms with E-state index in [1.54, 1.807) is 7.11 Å². The topological polar surface area (TPSA) is 81.5 Å². The number of nitrogens with zero attached hydrogens (tertiary/aromatic N) is 4. The molecule has 2 saturated heterocycles. The SMILES string of the molecule is COc1ccc(NC(=O)C(C)Sc2nnc(N3CCCCC3)n2CC2CCCO2)cc1. The highest BCUT2D eigenvalue weighted by Gasteiger charge is 2.26. The van der Waals surface area contributed by atoms with E-state index in [-0.39, 0.29) is 17.3 Å². The summed E-state index contributed by atoms with van der Waals surface area (Å²) in [6.45, 7) is 5.45. The number of amides is 1. The predicted molar refractivity (Wildman–Crippen MR) is 122 cm³/mol. The predicted octanol–water partition coefficient (Wildman–Crippen LogP) is 3.58. The number of nitrogens with one attached hydrogen (secondary N) is 1. The van der Waals surface area contributed by atoms with Gasteiger partial charge in [-0.1, -0.05) is 11.8 Å². The maximum atomic E-state index is 12.8. The minimum atomic E-state index is -0.316. The van der Waals surface area contributed by atoms with E-state index < -0.39 is 0 Å². The van der Waals surface area contributed by atoms with Crippen LogP contribution in [-0.2, 0) is 16.1 Å². The molecule has 3 heterocycles. The average molecular weight is 446 g/mol. The van der Waals surface area contributed by atoms with Crippen molar-refractivity contribution in [3.63, 3.8) is 0 Å². The van der Waals surface area contributed by atoms with Crippen LogP contribution in [0.25, 0.3) is 0 Å². The number of thioether (sulfide) groups is 1. The summed E-state index contributed by atoms with van der Waals surface area (Å²) in [5.74, 6) is 1.59. The van der Waals surface area contributed by atoms with Crippen LogP contribution in [0.2, 0.25) is 0 Å². The largest absolute Gasteiger partial charge is 0.497 e. The zero-order valence-corrected chi connectivity index (χ0v) is 19.1. The highest BCUT2D eigenvalue weighted by atomic mass is 32.2. The van der Waals surface area contributed by atoms with Gasteiger partial charge in [0.05, 0.1) is 25.0 Å². The fraction of sp³-hybridized carbons (Fsp3) is 0.591. The lowest BCUT2D eigenvalue weighted by molar-refractivity contribution is -0.115. The number of methoxy groups -OCH3 is 1. The van der Waals surface area contributed by atoms with E-state index in [4.69, 9.17) is 9.47 Å². The summed E-state index contributed by atoms with van der Waals surface area (Å²) in [7, 11) is 1.62. The highest BCUT2D eigenvalue weighted by molar-refractivity contribution is 8.00. The van der Waals surface area contributed by atoms with Crippen LogP contribution in [0.1, 0.15) is 39.0 Å². The molecule has 31 heavy (non-hydrogen) atoms. The Morgan fingerprint density at radius 2 is 2.00 bits per heavy atom. The zero-order chi connectivity index (χ0) is 21.6. The molecular formula is C22H31N5O3S. The molecule has 0 saturated carbocycles. The number of aromatic nitrogens is 3. The summed E-state index contributed by atoms with van der Waals surface area (Å²) in [4.78, 5) is 15.1. The highest BCUT2D eigenvalue weighted by Crippen LogP contribution is 2.29. The van der Waals surface area contributed by atoms with E-state index in [1.807, 2.05) is 31.2 Å². The van der Waals surface area contributed by atoms with Crippen molar-refractivity contribution >= 4 is 29.3 Å². The van der Waals surface area contributed by atoms with E-state index in [1.165, 1.54) is 31.0 Å². The zero-order valence-electron chi connectivity index (χ0n) is 18.2. The number of hydrogen-bond donors (Lipinski definition) is 1. The van der Waals surface area contributed by atoms with Gasteiger partial charge in [0, 0.05) is 25.4 Å². The van der Waals surface area contributed by atoms with Crippen molar-refractivity contribution in [2.45, 2.75) is 62.1 Å². The van der Waals surface area contributed by atoms with Crippen LogP contribution >= 0.6 is 11.8 Å². The summed E-state index contributed by atoms with van der Waals surface area (Å²) in [5, 5.41) is 12.4. The van der Waals surface area contributed by atoms with Gasteiger partial charge in [0.1, 0.15) is 5.75 Å². The summed E-state index contributed by atoms with van der Waals surface area (Å²) in [6, 6.07) is 7.33. The van der Waals surface area contributed by atoms with Crippen LogP contribution in [0.4, 0.5) is 11.6 Å².